The SMILES string of the molecule is Cc1ccc(C2=C/C(=C\c3ccc([N+](=O)[O-])cc3)C(=O)N2c2ccc(Nc3ccccc3)cc2)cc1. The third-order valence-electron chi connectivity index (χ3n) is 5.94. The van der Waals surface area contributed by atoms with Gasteiger partial charge in [0.2, 0.25) is 0 Å². The van der Waals surface area contributed by atoms with Gasteiger partial charge in [0.1, 0.15) is 0 Å². The third kappa shape index (κ3) is 4.79. The highest BCUT2D eigenvalue weighted by atomic mass is 16.6. The molecule has 1 aliphatic rings. The third-order valence-corrected chi connectivity index (χ3v) is 5.94. The van der Waals surface area contributed by atoms with E-state index >= 15 is 0 Å². The molecule has 0 atom stereocenters. The molecule has 1 heterocycles. The van der Waals surface area contributed by atoms with E-state index in [9.17, 15) is 14.9 Å². The minimum Gasteiger partial charge on any atom is -0.356 e. The Labute approximate surface area is 209 Å². The summed E-state index contributed by atoms with van der Waals surface area (Å²) in [7, 11) is 0. The monoisotopic (exact) mass is 473 g/mol. The average Bonchev–Trinajstić information content (AvgIpc) is 3.21. The Bertz CT molecular complexity index is 1470. The van der Waals surface area contributed by atoms with E-state index in [0.29, 0.717) is 11.1 Å². The molecule has 0 aromatic heterocycles. The lowest BCUT2D eigenvalue weighted by Crippen LogP contribution is -2.24. The van der Waals surface area contributed by atoms with Crippen molar-refractivity contribution < 1.29 is 9.72 Å². The quantitative estimate of drug-likeness (QED) is 0.184. The molecule has 36 heavy (non-hydrogen) atoms. The summed E-state index contributed by atoms with van der Waals surface area (Å²) in [5.41, 5.74) is 6.71. The van der Waals surface area contributed by atoms with Crippen molar-refractivity contribution in [3.05, 3.63) is 142 Å². The van der Waals surface area contributed by atoms with Crippen LogP contribution in [0.15, 0.2) is 115 Å². The molecule has 0 aliphatic carbocycles. The maximum Gasteiger partial charge on any atom is 0.269 e. The van der Waals surface area contributed by atoms with Gasteiger partial charge in [0.05, 0.1) is 10.6 Å². The first-order chi connectivity index (χ1) is 17.5. The number of aryl methyl sites for hydroxylation is 1. The summed E-state index contributed by atoms with van der Waals surface area (Å²) in [5, 5.41) is 14.3. The molecule has 6 heteroatoms. The van der Waals surface area contributed by atoms with Crippen molar-refractivity contribution in [1.82, 2.24) is 0 Å². The van der Waals surface area contributed by atoms with Crippen LogP contribution < -0.4 is 10.2 Å². The summed E-state index contributed by atoms with van der Waals surface area (Å²) in [6.07, 6.45) is 3.62. The molecule has 0 saturated carbocycles. The molecule has 0 bridgehead atoms. The Morgan fingerprint density at radius 2 is 1.44 bits per heavy atom. The fourth-order valence-corrected chi connectivity index (χ4v) is 4.06. The molecule has 0 saturated heterocycles. The first kappa shape index (κ1) is 22.8. The highest BCUT2D eigenvalue weighted by molar-refractivity contribution is 6.23. The van der Waals surface area contributed by atoms with Gasteiger partial charge in [0.15, 0.2) is 0 Å². The van der Waals surface area contributed by atoms with Gasteiger partial charge in [-0.05, 0) is 78.7 Å². The van der Waals surface area contributed by atoms with E-state index in [-0.39, 0.29) is 11.6 Å². The van der Waals surface area contributed by atoms with E-state index < -0.39 is 4.92 Å². The first-order valence-electron chi connectivity index (χ1n) is 11.5. The number of nitro benzene ring substituents is 1. The van der Waals surface area contributed by atoms with Crippen LogP contribution in [0.25, 0.3) is 11.8 Å². The summed E-state index contributed by atoms with van der Waals surface area (Å²) in [6.45, 7) is 2.02. The van der Waals surface area contributed by atoms with Crippen LogP contribution in [0.5, 0.6) is 0 Å². The number of hydrogen-bond acceptors (Lipinski definition) is 4. The Morgan fingerprint density at radius 1 is 0.806 bits per heavy atom. The maximum absolute atomic E-state index is 13.6. The lowest BCUT2D eigenvalue weighted by molar-refractivity contribution is -0.384. The highest BCUT2D eigenvalue weighted by Gasteiger charge is 2.30. The molecule has 1 N–H and O–H groups in total. The zero-order valence-corrected chi connectivity index (χ0v) is 19.6. The van der Waals surface area contributed by atoms with Crippen molar-refractivity contribution in [1.29, 1.82) is 0 Å². The second kappa shape index (κ2) is 9.72. The first-order valence-corrected chi connectivity index (χ1v) is 11.5. The van der Waals surface area contributed by atoms with Gasteiger partial charge >= 0.3 is 0 Å². The second-order valence-electron chi connectivity index (χ2n) is 8.52. The summed E-state index contributed by atoms with van der Waals surface area (Å²) in [6, 6.07) is 31.8. The Hall–Kier alpha value is -4.97. The van der Waals surface area contributed by atoms with Gasteiger partial charge < -0.3 is 5.32 Å². The number of nitrogens with one attached hydrogen (secondary N) is 1. The van der Waals surface area contributed by atoms with Crippen molar-refractivity contribution in [2.24, 2.45) is 0 Å². The van der Waals surface area contributed by atoms with E-state index in [1.807, 2.05) is 91.9 Å². The Kier molecular flexibility index (Phi) is 6.16. The molecular formula is C30H23N3O3. The number of carbonyl (C=O) groups is 1. The number of para-hydroxylation sites is 1. The van der Waals surface area contributed by atoms with E-state index in [1.54, 1.807) is 23.1 Å². The lowest BCUT2D eigenvalue weighted by atomic mass is 10.1. The van der Waals surface area contributed by atoms with Crippen LogP contribution in [0, 0.1) is 17.0 Å². The predicted molar refractivity (Wildman–Crippen MR) is 144 cm³/mol. The van der Waals surface area contributed by atoms with E-state index in [2.05, 4.69) is 5.32 Å². The van der Waals surface area contributed by atoms with Crippen LogP contribution in [0.4, 0.5) is 22.7 Å². The molecular weight excluding hydrogens is 450 g/mol. The van der Waals surface area contributed by atoms with Crippen LogP contribution in [0.3, 0.4) is 0 Å². The lowest BCUT2D eigenvalue weighted by Gasteiger charge is -2.21. The number of non-ortho nitro benzene ring substituents is 1. The van der Waals surface area contributed by atoms with Gasteiger partial charge in [-0.2, -0.15) is 0 Å². The van der Waals surface area contributed by atoms with Gasteiger partial charge in [-0.25, -0.2) is 0 Å². The number of anilines is 3. The smallest absolute Gasteiger partial charge is 0.269 e. The standard InChI is InChI=1S/C30H23N3O3/c1-21-7-11-23(12-8-21)29-20-24(19-22-9-15-28(16-10-22)33(35)36)30(34)32(29)27-17-13-26(14-18-27)31-25-5-3-2-4-6-25/h2-20,31H,1H3/b24-19+. The zero-order chi connectivity index (χ0) is 25.1. The molecule has 4 aromatic carbocycles. The molecule has 0 radical (unpaired) electrons. The van der Waals surface area contributed by atoms with Gasteiger partial charge in [0.25, 0.3) is 11.6 Å². The highest BCUT2D eigenvalue weighted by Crippen LogP contribution is 2.36. The van der Waals surface area contributed by atoms with E-state index in [4.69, 9.17) is 0 Å². The molecule has 4 aromatic rings. The average molecular weight is 474 g/mol. The normalized spacial score (nSPS) is 14.1. The van der Waals surface area contributed by atoms with Crippen molar-refractivity contribution in [2.75, 3.05) is 10.2 Å². The summed E-state index contributed by atoms with van der Waals surface area (Å²) in [4.78, 5) is 25.8. The van der Waals surface area contributed by atoms with Crippen molar-refractivity contribution in [3.63, 3.8) is 0 Å². The number of nitro groups is 1. The molecule has 1 amide bonds. The van der Waals surface area contributed by atoms with Gasteiger partial charge in [0, 0.05) is 34.8 Å². The maximum atomic E-state index is 13.6. The summed E-state index contributed by atoms with van der Waals surface area (Å²) >= 11 is 0. The van der Waals surface area contributed by atoms with Crippen LogP contribution in [-0.4, -0.2) is 10.8 Å². The molecule has 0 spiro atoms. The van der Waals surface area contributed by atoms with Crippen LogP contribution >= 0.6 is 0 Å². The number of amides is 1. The minimum atomic E-state index is -0.439. The topological polar surface area (TPSA) is 75.5 Å². The van der Waals surface area contributed by atoms with Crippen LogP contribution in [0.2, 0.25) is 0 Å². The van der Waals surface area contributed by atoms with Gasteiger partial charge in [-0.1, -0.05) is 48.0 Å². The summed E-state index contributed by atoms with van der Waals surface area (Å²) in [5.74, 6) is -0.160. The zero-order valence-electron chi connectivity index (χ0n) is 19.6. The predicted octanol–water partition coefficient (Wildman–Crippen LogP) is 7.12. The molecule has 0 fully saturated rings. The number of rotatable bonds is 6. The fraction of sp³-hybridized carbons (Fsp3) is 0.0333. The molecule has 0 unspecified atom stereocenters. The van der Waals surface area contributed by atoms with Gasteiger partial charge in [-0.3, -0.25) is 19.8 Å². The van der Waals surface area contributed by atoms with E-state index in [1.165, 1.54) is 12.1 Å². The number of hydrogen-bond donors (Lipinski definition) is 1. The second-order valence-corrected chi connectivity index (χ2v) is 8.52. The summed E-state index contributed by atoms with van der Waals surface area (Å²) < 4.78 is 0. The van der Waals surface area contributed by atoms with Crippen LogP contribution in [0.1, 0.15) is 16.7 Å². The molecule has 6 nitrogen and oxygen atoms in total. The number of carbonyl (C=O) groups excluding carboxylic acids is 1. The largest absolute Gasteiger partial charge is 0.356 e. The van der Waals surface area contributed by atoms with Crippen molar-refractivity contribution in [2.45, 2.75) is 6.92 Å². The molecule has 176 valence electrons. The Balaban J connectivity index is 1.49. The van der Waals surface area contributed by atoms with Crippen molar-refractivity contribution >= 4 is 40.4 Å². The minimum absolute atomic E-state index is 0.0108. The molecule has 1 aliphatic heterocycles. The Morgan fingerprint density at radius 3 is 2.08 bits per heavy atom. The van der Waals surface area contributed by atoms with Gasteiger partial charge in [-0.15, -0.1) is 0 Å². The van der Waals surface area contributed by atoms with E-state index in [0.717, 1.165) is 33.9 Å². The number of nitrogens with zero attached hydrogens (tertiary/aromatic N) is 2. The van der Waals surface area contributed by atoms with Crippen LogP contribution in [-0.2, 0) is 4.79 Å². The number of benzene rings is 4. The fourth-order valence-electron chi connectivity index (χ4n) is 4.06. The molecule has 5 rings (SSSR count). The van der Waals surface area contributed by atoms with Crippen molar-refractivity contribution in [3.8, 4) is 0 Å².